The minimum atomic E-state index is -0.273. The number of aromatic amines is 1. The molecule has 2 saturated heterocycles. The highest BCUT2D eigenvalue weighted by molar-refractivity contribution is 5.59. The van der Waals surface area contributed by atoms with E-state index in [1.54, 1.807) is 0 Å². The average molecular weight is 263 g/mol. The Kier molecular flexibility index (Phi) is 3.18. The molecular weight excluding hydrogens is 242 g/mol. The summed E-state index contributed by atoms with van der Waals surface area (Å²) in [4.78, 5) is 20.6. The minimum Gasteiger partial charge on any atom is -0.391 e. The van der Waals surface area contributed by atoms with Crippen LogP contribution in [0.15, 0.2) is 11.1 Å². The first-order valence-electron chi connectivity index (χ1n) is 6.97. The Bertz CT molecular complexity index is 500. The third-order valence-electron chi connectivity index (χ3n) is 4.57. The molecule has 0 spiro atoms. The van der Waals surface area contributed by atoms with Crippen molar-refractivity contribution < 1.29 is 0 Å². The van der Waals surface area contributed by atoms with Crippen LogP contribution >= 0.6 is 0 Å². The van der Waals surface area contributed by atoms with Gasteiger partial charge in [0.25, 0.3) is 5.56 Å². The molecule has 0 saturated carbocycles. The summed E-state index contributed by atoms with van der Waals surface area (Å²) in [5.41, 5.74) is 5.68. The van der Waals surface area contributed by atoms with Crippen LogP contribution in [-0.4, -0.2) is 40.0 Å². The van der Waals surface area contributed by atoms with E-state index >= 15 is 0 Å². The van der Waals surface area contributed by atoms with Gasteiger partial charge in [0.2, 0.25) is 0 Å². The van der Waals surface area contributed by atoms with E-state index < -0.39 is 0 Å². The number of aromatic nitrogens is 2. The first kappa shape index (κ1) is 12.5. The van der Waals surface area contributed by atoms with Crippen molar-refractivity contribution in [1.82, 2.24) is 14.9 Å². The fraction of sp³-hybridized carbons (Fsp3) is 0.692. The van der Waals surface area contributed by atoms with Gasteiger partial charge in [0.1, 0.15) is 5.69 Å². The van der Waals surface area contributed by atoms with Crippen LogP contribution < -0.4 is 16.6 Å². The lowest BCUT2D eigenvalue weighted by Gasteiger charge is -2.47. The van der Waals surface area contributed by atoms with Crippen LogP contribution in [0.2, 0.25) is 0 Å². The lowest BCUT2D eigenvalue weighted by Crippen LogP contribution is -2.53. The first-order chi connectivity index (χ1) is 9.15. The second-order valence-electron chi connectivity index (χ2n) is 5.71. The molecule has 1 aromatic heterocycles. The molecule has 2 unspecified atom stereocenters. The zero-order valence-electron chi connectivity index (χ0n) is 11.2. The van der Waals surface area contributed by atoms with Crippen molar-refractivity contribution in [1.29, 1.82) is 0 Å². The summed E-state index contributed by atoms with van der Waals surface area (Å²) in [5, 5.41) is 3.36. The van der Waals surface area contributed by atoms with E-state index in [-0.39, 0.29) is 11.2 Å². The van der Waals surface area contributed by atoms with Crippen molar-refractivity contribution in [3.63, 3.8) is 0 Å². The van der Waals surface area contributed by atoms with Gasteiger partial charge in [-0.25, -0.2) is 4.98 Å². The summed E-state index contributed by atoms with van der Waals surface area (Å²) in [6, 6.07) is 1.66. The maximum absolute atomic E-state index is 11.5. The number of hydrogen-bond acceptors (Lipinski definition) is 5. The molecule has 3 heterocycles. The maximum atomic E-state index is 11.5. The Morgan fingerprint density at radius 2 is 2.11 bits per heavy atom. The summed E-state index contributed by atoms with van der Waals surface area (Å²) in [6.07, 6.45) is 7.46. The highest BCUT2D eigenvalue weighted by atomic mass is 16.1. The molecule has 0 radical (unpaired) electrons. The van der Waals surface area contributed by atoms with Crippen LogP contribution in [0.3, 0.4) is 0 Å². The van der Waals surface area contributed by atoms with Gasteiger partial charge in [-0.2, -0.15) is 0 Å². The van der Waals surface area contributed by atoms with Crippen molar-refractivity contribution >= 4 is 11.5 Å². The van der Waals surface area contributed by atoms with Gasteiger partial charge in [-0.3, -0.25) is 4.79 Å². The number of piperidine rings is 2. The summed E-state index contributed by atoms with van der Waals surface area (Å²) in [6.45, 7) is 0. The summed E-state index contributed by atoms with van der Waals surface area (Å²) >= 11 is 0. The molecule has 104 valence electrons. The molecule has 1 aromatic rings. The SMILES string of the molecule is CN1C2CCCC1CC(Nc1nc[nH]c(=O)c1N)C2. The highest BCUT2D eigenvalue weighted by Gasteiger charge is 2.36. The molecule has 2 aliphatic rings. The molecule has 19 heavy (non-hydrogen) atoms. The zero-order chi connectivity index (χ0) is 13.4. The quantitative estimate of drug-likeness (QED) is 0.734. The van der Waals surface area contributed by atoms with Gasteiger partial charge >= 0.3 is 0 Å². The molecule has 2 atom stereocenters. The third-order valence-corrected chi connectivity index (χ3v) is 4.57. The lowest BCUT2D eigenvalue weighted by atomic mass is 9.82. The summed E-state index contributed by atoms with van der Waals surface area (Å²) in [7, 11) is 2.23. The van der Waals surface area contributed by atoms with E-state index in [0.29, 0.717) is 23.9 Å². The normalized spacial score (nSPS) is 31.1. The van der Waals surface area contributed by atoms with Gasteiger partial charge in [0, 0.05) is 18.1 Å². The first-order valence-corrected chi connectivity index (χ1v) is 6.97. The zero-order valence-corrected chi connectivity index (χ0v) is 11.2. The van der Waals surface area contributed by atoms with Crippen molar-refractivity contribution in [2.24, 2.45) is 0 Å². The molecule has 6 nitrogen and oxygen atoms in total. The molecule has 0 amide bonds. The Labute approximate surface area is 112 Å². The van der Waals surface area contributed by atoms with Gasteiger partial charge in [0.15, 0.2) is 5.82 Å². The van der Waals surface area contributed by atoms with Gasteiger partial charge < -0.3 is 20.9 Å². The minimum absolute atomic E-state index is 0.187. The Hall–Kier alpha value is -1.56. The predicted octanol–water partition coefficient (Wildman–Crippen LogP) is 0.779. The van der Waals surface area contributed by atoms with Crippen LogP contribution in [0.1, 0.15) is 32.1 Å². The molecule has 6 heteroatoms. The van der Waals surface area contributed by atoms with Crippen molar-refractivity contribution in [2.75, 3.05) is 18.1 Å². The van der Waals surface area contributed by atoms with Crippen LogP contribution in [-0.2, 0) is 0 Å². The van der Waals surface area contributed by atoms with Gasteiger partial charge in [0.05, 0.1) is 6.33 Å². The van der Waals surface area contributed by atoms with Gasteiger partial charge in [-0.1, -0.05) is 6.42 Å². The number of H-pyrrole nitrogens is 1. The van der Waals surface area contributed by atoms with E-state index in [1.165, 1.54) is 25.6 Å². The Morgan fingerprint density at radius 3 is 2.79 bits per heavy atom. The predicted molar refractivity (Wildman–Crippen MR) is 75.1 cm³/mol. The van der Waals surface area contributed by atoms with Crippen molar-refractivity contribution in [3.8, 4) is 0 Å². The second kappa shape index (κ2) is 4.85. The number of fused-ring (bicyclic) bond motifs is 2. The summed E-state index contributed by atoms with van der Waals surface area (Å²) in [5.74, 6) is 0.524. The Morgan fingerprint density at radius 1 is 1.42 bits per heavy atom. The van der Waals surface area contributed by atoms with E-state index in [2.05, 4.69) is 27.2 Å². The topological polar surface area (TPSA) is 87.0 Å². The highest BCUT2D eigenvalue weighted by Crippen LogP contribution is 2.33. The fourth-order valence-corrected chi connectivity index (χ4v) is 3.45. The van der Waals surface area contributed by atoms with Crippen LogP contribution in [0.5, 0.6) is 0 Å². The number of hydrogen-bond donors (Lipinski definition) is 3. The molecule has 3 rings (SSSR count). The van der Waals surface area contributed by atoms with Crippen molar-refractivity contribution in [3.05, 3.63) is 16.7 Å². The molecule has 0 aliphatic carbocycles. The molecular formula is C13H21N5O. The molecule has 2 aliphatic heterocycles. The fourth-order valence-electron chi connectivity index (χ4n) is 3.45. The number of rotatable bonds is 2. The average Bonchev–Trinajstić information content (AvgIpc) is 2.36. The second-order valence-corrected chi connectivity index (χ2v) is 5.71. The maximum Gasteiger partial charge on any atom is 0.276 e. The monoisotopic (exact) mass is 263 g/mol. The number of nitrogens with one attached hydrogen (secondary N) is 2. The van der Waals surface area contributed by atoms with E-state index in [0.717, 1.165) is 12.8 Å². The lowest BCUT2D eigenvalue weighted by molar-refractivity contribution is 0.0608. The molecule has 0 aromatic carbocycles. The van der Waals surface area contributed by atoms with Crippen LogP contribution in [0.25, 0.3) is 0 Å². The molecule has 2 fully saturated rings. The Balaban J connectivity index is 1.74. The largest absolute Gasteiger partial charge is 0.391 e. The molecule has 4 N–H and O–H groups in total. The number of nitrogens with zero attached hydrogens (tertiary/aromatic N) is 2. The number of nitrogens with two attached hydrogens (primary N) is 1. The van der Waals surface area contributed by atoms with Gasteiger partial charge in [-0.15, -0.1) is 0 Å². The number of nitrogen functional groups attached to an aromatic ring is 1. The van der Waals surface area contributed by atoms with Crippen molar-refractivity contribution in [2.45, 2.75) is 50.2 Å². The van der Waals surface area contributed by atoms with E-state index in [4.69, 9.17) is 5.73 Å². The summed E-state index contributed by atoms with van der Waals surface area (Å²) < 4.78 is 0. The van der Waals surface area contributed by atoms with E-state index in [9.17, 15) is 4.79 Å². The van der Waals surface area contributed by atoms with Gasteiger partial charge in [-0.05, 0) is 32.7 Å². The van der Waals surface area contributed by atoms with Crippen LogP contribution in [0, 0.1) is 0 Å². The number of anilines is 2. The standard InChI is InChI=1S/C13H21N5O/c1-18-9-3-2-4-10(18)6-8(5-9)17-12-11(14)13(19)16-7-15-12/h7-10H,2-6,14H2,1H3,(H2,15,16,17,19). The van der Waals surface area contributed by atoms with E-state index in [1.807, 2.05) is 0 Å². The van der Waals surface area contributed by atoms with Crippen LogP contribution in [0.4, 0.5) is 11.5 Å². The molecule has 2 bridgehead atoms. The third kappa shape index (κ3) is 2.32. The smallest absolute Gasteiger partial charge is 0.276 e.